The van der Waals surface area contributed by atoms with Gasteiger partial charge in [0.05, 0.1) is 7.11 Å². The molecule has 2 aromatic rings. The maximum absolute atomic E-state index is 12.5. The van der Waals surface area contributed by atoms with Crippen LogP contribution >= 0.6 is 0 Å². The zero-order valence-electron chi connectivity index (χ0n) is 14.3. The fourth-order valence-corrected chi connectivity index (χ4v) is 3.28. The van der Waals surface area contributed by atoms with E-state index in [0.29, 0.717) is 17.4 Å². The molecule has 1 saturated heterocycles. The molecule has 0 N–H and O–H groups in total. The van der Waals surface area contributed by atoms with Crippen LogP contribution in [0, 0.1) is 12.8 Å². The molecule has 0 bridgehead atoms. The number of nitrogens with zero attached hydrogens (tertiary/aromatic N) is 2. The lowest BCUT2D eigenvalue weighted by atomic mass is 9.91. The van der Waals surface area contributed by atoms with E-state index in [1.807, 2.05) is 17.0 Å². The number of likely N-dealkylation sites (tertiary alicyclic amines) is 1. The Kier molecular flexibility index (Phi) is 5.18. The summed E-state index contributed by atoms with van der Waals surface area (Å²) in [7, 11) is 1.68. The first-order valence-electron chi connectivity index (χ1n) is 8.51. The topological polar surface area (TPSA) is 55.6 Å². The lowest BCUT2D eigenvalue weighted by Gasteiger charge is -2.32. The molecule has 1 aliphatic rings. The predicted molar refractivity (Wildman–Crippen MR) is 91.2 cm³/mol. The van der Waals surface area contributed by atoms with E-state index in [-0.39, 0.29) is 5.91 Å². The normalized spacial score (nSPS) is 17.8. The molecule has 1 atom stereocenters. The highest BCUT2D eigenvalue weighted by molar-refractivity contribution is 5.92. The van der Waals surface area contributed by atoms with Gasteiger partial charge in [-0.2, -0.15) is 0 Å². The minimum atomic E-state index is -0.0130. The van der Waals surface area contributed by atoms with Crippen molar-refractivity contribution in [2.75, 3.05) is 20.2 Å². The van der Waals surface area contributed by atoms with E-state index >= 15 is 0 Å². The highest BCUT2D eigenvalue weighted by atomic mass is 16.5. The number of amides is 1. The third-order valence-electron chi connectivity index (χ3n) is 4.65. The van der Waals surface area contributed by atoms with Gasteiger partial charge in [-0.3, -0.25) is 4.79 Å². The van der Waals surface area contributed by atoms with E-state index < -0.39 is 0 Å². The summed E-state index contributed by atoms with van der Waals surface area (Å²) >= 11 is 0. The van der Waals surface area contributed by atoms with Crippen LogP contribution in [-0.2, 0) is 6.42 Å². The predicted octanol–water partition coefficient (Wildman–Crippen LogP) is 3.48. The van der Waals surface area contributed by atoms with Gasteiger partial charge in [0, 0.05) is 19.2 Å². The molecule has 5 nitrogen and oxygen atoms in total. The molecule has 24 heavy (non-hydrogen) atoms. The number of carbonyl (C=O) groups excluding carboxylic acids is 1. The number of hydrogen-bond donors (Lipinski definition) is 0. The molecular weight excluding hydrogens is 304 g/mol. The van der Waals surface area contributed by atoms with Crippen LogP contribution in [0.2, 0.25) is 0 Å². The Morgan fingerprint density at radius 2 is 2.17 bits per heavy atom. The van der Waals surface area contributed by atoms with Crippen molar-refractivity contribution in [2.45, 2.75) is 32.6 Å². The summed E-state index contributed by atoms with van der Waals surface area (Å²) in [6.45, 7) is 3.42. The van der Waals surface area contributed by atoms with Crippen LogP contribution in [0.3, 0.4) is 0 Å². The van der Waals surface area contributed by atoms with Crippen molar-refractivity contribution in [1.82, 2.24) is 10.1 Å². The van der Waals surface area contributed by atoms with Gasteiger partial charge in [-0.15, -0.1) is 0 Å². The highest BCUT2D eigenvalue weighted by Crippen LogP contribution is 2.23. The molecule has 1 amide bonds. The number of benzene rings is 1. The molecule has 0 radical (unpaired) electrons. The Bertz CT molecular complexity index is 678. The van der Waals surface area contributed by atoms with Crippen LogP contribution in [0.5, 0.6) is 5.75 Å². The van der Waals surface area contributed by atoms with Crippen molar-refractivity contribution < 1.29 is 14.1 Å². The number of aromatic nitrogens is 1. The van der Waals surface area contributed by atoms with Crippen molar-refractivity contribution in [3.05, 3.63) is 47.3 Å². The third kappa shape index (κ3) is 3.96. The minimum Gasteiger partial charge on any atom is -0.497 e. The molecule has 0 saturated carbocycles. The van der Waals surface area contributed by atoms with Gasteiger partial charge in [0.25, 0.3) is 5.91 Å². The van der Waals surface area contributed by atoms with Crippen molar-refractivity contribution in [3.8, 4) is 5.75 Å². The molecule has 0 spiro atoms. The van der Waals surface area contributed by atoms with Gasteiger partial charge in [-0.25, -0.2) is 0 Å². The molecule has 1 aromatic carbocycles. The maximum Gasteiger partial charge on any atom is 0.276 e. The second-order valence-corrected chi connectivity index (χ2v) is 6.47. The number of rotatable bonds is 5. The first kappa shape index (κ1) is 16.6. The van der Waals surface area contributed by atoms with Gasteiger partial charge in [-0.1, -0.05) is 17.3 Å². The molecule has 5 heteroatoms. The van der Waals surface area contributed by atoms with E-state index in [2.05, 4.69) is 17.3 Å². The largest absolute Gasteiger partial charge is 0.497 e. The molecule has 0 aliphatic carbocycles. The fourth-order valence-electron chi connectivity index (χ4n) is 3.28. The van der Waals surface area contributed by atoms with Gasteiger partial charge in [0.1, 0.15) is 11.5 Å². The van der Waals surface area contributed by atoms with Gasteiger partial charge < -0.3 is 14.2 Å². The van der Waals surface area contributed by atoms with Crippen molar-refractivity contribution in [2.24, 2.45) is 5.92 Å². The smallest absolute Gasteiger partial charge is 0.276 e. The molecule has 1 unspecified atom stereocenters. The van der Waals surface area contributed by atoms with Crippen molar-refractivity contribution >= 4 is 5.91 Å². The molecule has 1 aromatic heterocycles. The Balaban J connectivity index is 1.54. The van der Waals surface area contributed by atoms with Crippen LogP contribution in [0.4, 0.5) is 0 Å². The second-order valence-electron chi connectivity index (χ2n) is 6.47. The first-order chi connectivity index (χ1) is 11.7. The Hall–Kier alpha value is -2.30. The zero-order chi connectivity index (χ0) is 16.9. The summed E-state index contributed by atoms with van der Waals surface area (Å²) < 4.78 is 10.2. The van der Waals surface area contributed by atoms with Crippen molar-refractivity contribution in [3.63, 3.8) is 0 Å². The average molecular weight is 328 g/mol. The van der Waals surface area contributed by atoms with Gasteiger partial charge in [0.15, 0.2) is 5.69 Å². The van der Waals surface area contributed by atoms with E-state index in [1.165, 1.54) is 12.0 Å². The fraction of sp³-hybridized carbons (Fsp3) is 0.474. The molecule has 1 aliphatic heterocycles. The molecule has 128 valence electrons. The lowest BCUT2D eigenvalue weighted by Crippen LogP contribution is -2.40. The Morgan fingerprint density at radius 3 is 2.83 bits per heavy atom. The SMILES string of the molecule is COc1ccc(CCC2CCCN(C(=O)c3cc(C)on3)C2)cc1. The minimum absolute atomic E-state index is 0.0130. The molecule has 2 heterocycles. The summed E-state index contributed by atoms with van der Waals surface area (Å²) in [5.41, 5.74) is 1.73. The van der Waals surface area contributed by atoms with Gasteiger partial charge in [0.2, 0.25) is 0 Å². The summed E-state index contributed by atoms with van der Waals surface area (Å²) in [5.74, 6) is 2.08. The summed E-state index contributed by atoms with van der Waals surface area (Å²) in [6, 6.07) is 9.94. The van der Waals surface area contributed by atoms with E-state index in [1.54, 1.807) is 20.1 Å². The standard InChI is InChI=1S/C19H24N2O3/c1-14-12-18(20-24-14)19(22)21-11-3-4-16(13-21)6-5-15-7-9-17(23-2)10-8-15/h7-10,12,16H,3-6,11,13H2,1-2H3. The number of hydrogen-bond acceptors (Lipinski definition) is 4. The number of methoxy groups -OCH3 is 1. The summed E-state index contributed by atoms with van der Waals surface area (Å²) in [5, 5.41) is 3.85. The van der Waals surface area contributed by atoms with Crippen LogP contribution in [0.1, 0.15) is 41.1 Å². The third-order valence-corrected chi connectivity index (χ3v) is 4.65. The van der Waals surface area contributed by atoms with Crippen LogP contribution in [0.25, 0.3) is 0 Å². The zero-order valence-corrected chi connectivity index (χ0v) is 14.3. The molecule has 1 fully saturated rings. The van der Waals surface area contributed by atoms with Gasteiger partial charge >= 0.3 is 0 Å². The monoisotopic (exact) mass is 328 g/mol. The molecule has 3 rings (SSSR count). The van der Waals surface area contributed by atoms with E-state index in [4.69, 9.17) is 9.26 Å². The number of aryl methyl sites for hydroxylation is 2. The number of carbonyl (C=O) groups is 1. The number of ether oxygens (including phenoxy) is 1. The van der Waals surface area contributed by atoms with Gasteiger partial charge in [-0.05, 0) is 56.2 Å². The van der Waals surface area contributed by atoms with Crippen LogP contribution in [0.15, 0.2) is 34.9 Å². The summed E-state index contributed by atoms with van der Waals surface area (Å²) in [6.07, 6.45) is 4.35. The second kappa shape index (κ2) is 7.51. The summed E-state index contributed by atoms with van der Waals surface area (Å²) in [4.78, 5) is 14.4. The van der Waals surface area contributed by atoms with E-state index in [9.17, 15) is 4.79 Å². The van der Waals surface area contributed by atoms with Crippen LogP contribution in [-0.4, -0.2) is 36.2 Å². The Morgan fingerprint density at radius 1 is 1.38 bits per heavy atom. The van der Waals surface area contributed by atoms with Crippen LogP contribution < -0.4 is 4.74 Å². The van der Waals surface area contributed by atoms with E-state index in [0.717, 1.165) is 38.1 Å². The maximum atomic E-state index is 12.5. The highest BCUT2D eigenvalue weighted by Gasteiger charge is 2.26. The van der Waals surface area contributed by atoms with Crippen molar-refractivity contribution in [1.29, 1.82) is 0 Å². The quantitative estimate of drug-likeness (QED) is 0.843. The molecular formula is C19H24N2O3. The average Bonchev–Trinajstić information content (AvgIpc) is 3.06. The first-order valence-corrected chi connectivity index (χ1v) is 8.51. The lowest BCUT2D eigenvalue weighted by molar-refractivity contribution is 0.0658. The number of piperidine rings is 1. The Labute approximate surface area is 142 Å².